The Hall–Kier alpha value is -2.52. The number of benzene rings is 2. The second-order valence-corrected chi connectivity index (χ2v) is 8.82. The van der Waals surface area contributed by atoms with Gasteiger partial charge in [-0.3, -0.25) is 4.72 Å². The van der Waals surface area contributed by atoms with Gasteiger partial charge in [0.05, 0.1) is 22.7 Å². The van der Waals surface area contributed by atoms with Crippen LogP contribution in [-0.4, -0.2) is 31.2 Å². The Morgan fingerprint density at radius 1 is 1.20 bits per heavy atom. The number of nitrogens with one attached hydrogen (secondary N) is 1. The number of sulfonamides is 1. The summed E-state index contributed by atoms with van der Waals surface area (Å²) in [5.41, 5.74) is 9.46. The minimum atomic E-state index is -3.47. The van der Waals surface area contributed by atoms with Crippen LogP contribution in [0.15, 0.2) is 42.5 Å². The summed E-state index contributed by atoms with van der Waals surface area (Å²) >= 11 is 5.56. The Bertz CT molecular complexity index is 1130. The summed E-state index contributed by atoms with van der Waals surface area (Å²) in [5, 5.41) is 0.722. The van der Waals surface area contributed by atoms with Crippen LogP contribution >= 0.6 is 11.6 Å². The maximum Gasteiger partial charge on any atom is 0.387 e. The standard InChI is InChI=1S/C20H22ClF2N3O3S/c1-2-26-17-12-15(29-20(22)23)8-9-16(17)18(24)19(26)13-4-6-14(7-5-13)25-30(27,28)11-3-10-21/h4-9,12,20,25H,2-3,10-11,24H2,1H3. The number of halogens is 3. The summed E-state index contributed by atoms with van der Waals surface area (Å²) in [5.74, 6) is 0.265. The van der Waals surface area contributed by atoms with Gasteiger partial charge in [0.25, 0.3) is 0 Å². The minimum absolute atomic E-state index is 0.0537. The Morgan fingerprint density at radius 2 is 1.90 bits per heavy atom. The molecule has 0 atom stereocenters. The number of nitrogen functional groups attached to an aromatic ring is 1. The van der Waals surface area contributed by atoms with Crippen molar-refractivity contribution in [3.63, 3.8) is 0 Å². The molecule has 0 saturated heterocycles. The van der Waals surface area contributed by atoms with Crippen molar-refractivity contribution < 1.29 is 21.9 Å². The molecule has 2 aromatic carbocycles. The summed E-state index contributed by atoms with van der Waals surface area (Å²) in [6, 6.07) is 11.4. The van der Waals surface area contributed by atoms with Gasteiger partial charge in [-0.25, -0.2) is 8.42 Å². The molecule has 0 radical (unpaired) electrons. The maximum atomic E-state index is 12.6. The van der Waals surface area contributed by atoms with Crippen LogP contribution in [0.1, 0.15) is 13.3 Å². The molecule has 0 aliphatic carbocycles. The van der Waals surface area contributed by atoms with Gasteiger partial charge < -0.3 is 15.0 Å². The van der Waals surface area contributed by atoms with E-state index < -0.39 is 16.6 Å². The zero-order valence-electron chi connectivity index (χ0n) is 16.2. The lowest BCUT2D eigenvalue weighted by Gasteiger charge is -2.11. The molecular formula is C20H22ClF2N3O3S. The number of ether oxygens (including phenoxy) is 1. The van der Waals surface area contributed by atoms with Crippen molar-refractivity contribution in [3.8, 4) is 17.0 Å². The van der Waals surface area contributed by atoms with E-state index in [1.807, 2.05) is 11.5 Å². The van der Waals surface area contributed by atoms with E-state index in [0.717, 1.165) is 16.6 Å². The van der Waals surface area contributed by atoms with Crippen LogP contribution in [0, 0.1) is 0 Å². The monoisotopic (exact) mass is 457 g/mol. The first-order chi connectivity index (χ1) is 14.3. The van der Waals surface area contributed by atoms with Crippen molar-refractivity contribution >= 4 is 43.9 Å². The smallest absolute Gasteiger partial charge is 0.387 e. The number of aryl methyl sites for hydroxylation is 1. The third-order valence-corrected chi connectivity index (χ3v) is 6.24. The van der Waals surface area contributed by atoms with Gasteiger partial charge in [0.15, 0.2) is 0 Å². The zero-order chi connectivity index (χ0) is 21.9. The highest BCUT2D eigenvalue weighted by Gasteiger charge is 2.18. The first kappa shape index (κ1) is 22.2. The molecule has 0 bridgehead atoms. The molecule has 1 heterocycles. The predicted molar refractivity (Wildman–Crippen MR) is 117 cm³/mol. The summed E-state index contributed by atoms with van der Waals surface area (Å²) in [7, 11) is -3.47. The van der Waals surface area contributed by atoms with Crippen LogP contribution in [0.25, 0.3) is 22.2 Å². The molecule has 3 aromatic rings. The van der Waals surface area contributed by atoms with E-state index in [4.69, 9.17) is 17.3 Å². The van der Waals surface area contributed by atoms with E-state index in [1.54, 1.807) is 30.3 Å². The molecule has 0 aliphatic heterocycles. The molecule has 0 spiro atoms. The second kappa shape index (κ2) is 9.09. The Kier molecular flexibility index (Phi) is 6.72. The normalized spacial score (nSPS) is 11.9. The van der Waals surface area contributed by atoms with E-state index in [1.165, 1.54) is 12.1 Å². The van der Waals surface area contributed by atoms with E-state index in [0.29, 0.717) is 29.9 Å². The average molecular weight is 458 g/mol. The summed E-state index contributed by atoms with van der Waals surface area (Å²) in [6.07, 6.45) is 0.360. The fourth-order valence-corrected chi connectivity index (χ4v) is 4.76. The number of hydrogen-bond acceptors (Lipinski definition) is 4. The number of hydrogen-bond donors (Lipinski definition) is 2. The maximum absolute atomic E-state index is 12.6. The van der Waals surface area contributed by atoms with Gasteiger partial charge >= 0.3 is 6.61 Å². The van der Waals surface area contributed by atoms with Gasteiger partial charge in [-0.2, -0.15) is 8.78 Å². The predicted octanol–water partition coefficient (Wildman–Crippen LogP) is 4.88. The molecule has 0 aliphatic rings. The molecule has 30 heavy (non-hydrogen) atoms. The van der Waals surface area contributed by atoms with Crippen LogP contribution in [0.4, 0.5) is 20.2 Å². The van der Waals surface area contributed by atoms with E-state index in [9.17, 15) is 17.2 Å². The van der Waals surface area contributed by atoms with E-state index in [2.05, 4.69) is 9.46 Å². The number of rotatable bonds is 9. The average Bonchev–Trinajstić information content (AvgIpc) is 2.97. The summed E-state index contributed by atoms with van der Waals surface area (Å²) < 4.78 is 58.1. The van der Waals surface area contributed by atoms with Crippen molar-refractivity contribution in [2.75, 3.05) is 22.1 Å². The van der Waals surface area contributed by atoms with Crippen LogP contribution in [-0.2, 0) is 16.6 Å². The quantitative estimate of drug-likeness (QED) is 0.448. The van der Waals surface area contributed by atoms with Gasteiger partial charge in [0.1, 0.15) is 5.75 Å². The third kappa shape index (κ3) is 4.79. The summed E-state index contributed by atoms with van der Waals surface area (Å²) in [6.45, 7) is -0.443. The van der Waals surface area contributed by atoms with Crippen LogP contribution in [0.5, 0.6) is 5.75 Å². The first-order valence-electron chi connectivity index (χ1n) is 9.29. The molecule has 10 heteroatoms. The van der Waals surface area contributed by atoms with E-state index >= 15 is 0 Å². The SMILES string of the molecule is CCn1c(-c2ccc(NS(=O)(=O)CCCCl)cc2)c(N)c2ccc(OC(F)F)cc21. The highest BCUT2D eigenvalue weighted by Crippen LogP contribution is 2.38. The Labute approximate surface area is 178 Å². The molecule has 162 valence electrons. The number of aromatic nitrogens is 1. The lowest BCUT2D eigenvalue weighted by molar-refractivity contribution is -0.0497. The molecule has 0 fully saturated rings. The highest BCUT2D eigenvalue weighted by molar-refractivity contribution is 7.92. The molecular weight excluding hydrogens is 436 g/mol. The lowest BCUT2D eigenvalue weighted by atomic mass is 10.1. The molecule has 0 saturated carbocycles. The Morgan fingerprint density at radius 3 is 2.50 bits per heavy atom. The Balaban J connectivity index is 1.97. The fourth-order valence-electron chi connectivity index (χ4n) is 3.34. The van der Waals surface area contributed by atoms with Gasteiger partial charge in [0, 0.05) is 35.1 Å². The van der Waals surface area contributed by atoms with Gasteiger partial charge in [-0.15, -0.1) is 11.6 Å². The zero-order valence-corrected chi connectivity index (χ0v) is 17.8. The van der Waals surface area contributed by atoms with Crippen molar-refractivity contribution in [1.29, 1.82) is 0 Å². The highest BCUT2D eigenvalue weighted by atomic mass is 35.5. The van der Waals surface area contributed by atoms with Crippen molar-refractivity contribution in [1.82, 2.24) is 4.57 Å². The van der Waals surface area contributed by atoms with Crippen LogP contribution in [0.3, 0.4) is 0 Å². The summed E-state index contributed by atoms with van der Waals surface area (Å²) in [4.78, 5) is 0. The molecule has 3 N–H and O–H groups in total. The third-order valence-electron chi connectivity index (χ3n) is 4.59. The second-order valence-electron chi connectivity index (χ2n) is 6.60. The van der Waals surface area contributed by atoms with Gasteiger partial charge in [0.2, 0.25) is 10.0 Å². The largest absolute Gasteiger partial charge is 0.435 e. The topological polar surface area (TPSA) is 86.4 Å². The lowest BCUT2D eigenvalue weighted by Crippen LogP contribution is -2.16. The first-order valence-corrected chi connectivity index (χ1v) is 11.5. The van der Waals surface area contributed by atoms with Crippen molar-refractivity contribution in [2.45, 2.75) is 26.5 Å². The molecule has 1 aromatic heterocycles. The van der Waals surface area contributed by atoms with Crippen LogP contribution in [0.2, 0.25) is 0 Å². The number of anilines is 2. The minimum Gasteiger partial charge on any atom is -0.435 e. The van der Waals surface area contributed by atoms with E-state index in [-0.39, 0.29) is 17.4 Å². The van der Waals surface area contributed by atoms with Gasteiger partial charge in [-0.05, 0) is 37.6 Å². The van der Waals surface area contributed by atoms with Crippen LogP contribution < -0.4 is 15.2 Å². The molecule has 0 amide bonds. The number of alkyl halides is 3. The number of nitrogens with zero attached hydrogens (tertiary/aromatic N) is 1. The number of fused-ring (bicyclic) bond motifs is 1. The molecule has 3 rings (SSSR count). The molecule has 0 unspecified atom stereocenters. The van der Waals surface area contributed by atoms with Gasteiger partial charge in [-0.1, -0.05) is 12.1 Å². The fraction of sp³-hybridized carbons (Fsp3) is 0.300. The molecule has 6 nitrogen and oxygen atoms in total. The van der Waals surface area contributed by atoms with Crippen molar-refractivity contribution in [3.05, 3.63) is 42.5 Å². The van der Waals surface area contributed by atoms with Crippen molar-refractivity contribution in [2.24, 2.45) is 0 Å². The number of nitrogens with two attached hydrogens (primary N) is 1.